The van der Waals surface area contributed by atoms with Crippen LogP contribution in [0.3, 0.4) is 0 Å². The van der Waals surface area contributed by atoms with Gasteiger partial charge in [-0.25, -0.2) is 0 Å². The largest absolute Gasteiger partial charge is 0.310 e. The summed E-state index contributed by atoms with van der Waals surface area (Å²) in [6, 6.07) is 86.1. The summed E-state index contributed by atoms with van der Waals surface area (Å²) in [5.41, 5.74) is 11.6. The van der Waals surface area contributed by atoms with E-state index in [2.05, 4.69) is 280 Å². The highest BCUT2D eigenvalue weighted by molar-refractivity contribution is 6.89. The highest BCUT2D eigenvalue weighted by atomic mass is 28.3. The maximum atomic E-state index is 2.45. The number of fused-ring (bicyclic) bond motifs is 4. The first-order chi connectivity index (χ1) is 33.0. The van der Waals surface area contributed by atoms with Crippen LogP contribution in [0.5, 0.6) is 0 Å². The molecular formula is C64H56N2Si2. The van der Waals surface area contributed by atoms with Gasteiger partial charge in [-0.2, -0.15) is 0 Å². The van der Waals surface area contributed by atoms with Gasteiger partial charge in [0.25, 0.3) is 0 Å². The van der Waals surface area contributed by atoms with E-state index in [4.69, 9.17) is 0 Å². The predicted octanol–water partition coefficient (Wildman–Crippen LogP) is 17.7. The molecule has 0 heterocycles. The van der Waals surface area contributed by atoms with Gasteiger partial charge in [-0.05, 0) is 150 Å². The molecule has 68 heavy (non-hydrogen) atoms. The van der Waals surface area contributed by atoms with Crippen molar-refractivity contribution >= 4 is 104 Å². The average Bonchev–Trinajstić information content (AvgIpc) is 3.36. The van der Waals surface area contributed by atoms with Crippen LogP contribution in [0.25, 0.3) is 65.3 Å². The van der Waals surface area contributed by atoms with Crippen LogP contribution in [0.4, 0.5) is 34.1 Å². The van der Waals surface area contributed by atoms with E-state index < -0.39 is 16.1 Å². The summed E-state index contributed by atoms with van der Waals surface area (Å²) in [5, 5.41) is 12.7. The van der Waals surface area contributed by atoms with Gasteiger partial charge in [-0.15, -0.1) is 0 Å². The molecule has 11 aromatic rings. The summed E-state index contributed by atoms with van der Waals surface area (Å²) in [4.78, 5) is 4.84. The van der Waals surface area contributed by atoms with E-state index in [1.807, 2.05) is 0 Å². The predicted molar refractivity (Wildman–Crippen MR) is 303 cm³/mol. The lowest BCUT2D eigenvalue weighted by Crippen LogP contribution is -2.37. The van der Waals surface area contributed by atoms with Crippen LogP contribution in [0.15, 0.2) is 231 Å². The molecule has 0 N–H and O–H groups in total. The highest BCUT2D eigenvalue weighted by Gasteiger charge is 2.24. The second-order valence-electron chi connectivity index (χ2n) is 20.3. The minimum absolute atomic E-state index is 1.11. The van der Waals surface area contributed by atoms with Gasteiger partial charge in [0.05, 0.1) is 16.1 Å². The van der Waals surface area contributed by atoms with Gasteiger partial charge in [0.2, 0.25) is 0 Å². The van der Waals surface area contributed by atoms with Crippen molar-refractivity contribution in [1.29, 1.82) is 0 Å². The third kappa shape index (κ3) is 8.10. The standard InChI is InChI=1S/C64H56N2Si2/c1-67(2,3)57-35-29-53(30-36-57)65(51-21-9-7-10-22-51)55-33-39-59-61(43-55)63(49-27-25-45-17-13-15-19-47(45)41-49)60-40-34-56(44-62(60)64(59)50-28-26-46-18-14-16-20-48(46)42-50)66(52-23-11-8-12-24-52)54-31-37-58(38-32-54)68(4,5)6/h7-44H,1-6H3. The summed E-state index contributed by atoms with van der Waals surface area (Å²) >= 11 is 0. The van der Waals surface area contributed by atoms with Gasteiger partial charge < -0.3 is 9.80 Å². The Bertz CT molecular complexity index is 3380. The van der Waals surface area contributed by atoms with Crippen molar-refractivity contribution in [3.63, 3.8) is 0 Å². The molecule has 2 nitrogen and oxygen atoms in total. The van der Waals surface area contributed by atoms with Gasteiger partial charge in [-0.1, -0.05) is 195 Å². The van der Waals surface area contributed by atoms with Gasteiger partial charge >= 0.3 is 0 Å². The SMILES string of the molecule is C[Si](C)(C)c1ccc(N(c2ccccc2)c2ccc3c(-c4ccc5ccccc5c4)c4cc(N(c5ccccc5)c5ccc([Si](C)(C)C)cc5)ccc4c(-c4ccc5ccccc5c4)c3c2)cc1. The Morgan fingerprint density at radius 3 is 0.941 bits per heavy atom. The number of anilines is 6. The quantitative estimate of drug-likeness (QED) is 0.0996. The van der Waals surface area contributed by atoms with Gasteiger partial charge in [0, 0.05) is 34.1 Å². The number of hydrogen-bond acceptors (Lipinski definition) is 2. The molecule has 0 aliphatic rings. The van der Waals surface area contributed by atoms with Gasteiger partial charge in [0.1, 0.15) is 0 Å². The van der Waals surface area contributed by atoms with Crippen LogP contribution in [0, 0.1) is 0 Å². The monoisotopic (exact) mass is 908 g/mol. The summed E-state index contributed by atoms with van der Waals surface area (Å²) in [7, 11) is -3.02. The van der Waals surface area contributed by atoms with Crippen molar-refractivity contribution in [1.82, 2.24) is 0 Å². The lowest BCUT2D eigenvalue weighted by molar-refractivity contribution is 1.29. The smallest absolute Gasteiger partial charge is 0.0775 e. The van der Waals surface area contributed by atoms with Crippen LogP contribution < -0.4 is 20.2 Å². The zero-order valence-corrected chi connectivity index (χ0v) is 41.8. The molecule has 330 valence electrons. The lowest BCUT2D eigenvalue weighted by Gasteiger charge is -2.29. The summed E-state index contributed by atoms with van der Waals surface area (Å²) in [6.45, 7) is 14.5. The molecule has 11 rings (SSSR count). The molecule has 0 amide bonds. The minimum atomic E-state index is -1.51. The zero-order valence-electron chi connectivity index (χ0n) is 39.8. The Morgan fingerprint density at radius 1 is 0.250 bits per heavy atom. The van der Waals surface area contributed by atoms with Crippen LogP contribution in [-0.4, -0.2) is 16.1 Å². The van der Waals surface area contributed by atoms with Crippen molar-refractivity contribution in [3.8, 4) is 22.3 Å². The Balaban J connectivity index is 1.23. The average molecular weight is 909 g/mol. The van der Waals surface area contributed by atoms with E-state index in [1.165, 1.54) is 75.7 Å². The normalized spacial score (nSPS) is 12.0. The number of nitrogens with zero attached hydrogens (tertiary/aromatic N) is 2. The fourth-order valence-electron chi connectivity index (χ4n) is 10.1. The fraction of sp³-hybridized carbons (Fsp3) is 0.0938. The van der Waals surface area contributed by atoms with Crippen molar-refractivity contribution in [2.45, 2.75) is 39.3 Å². The van der Waals surface area contributed by atoms with Crippen molar-refractivity contribution in [2.75, 3.05) is 9.80 Å². The third-order valence-corrected chi connectivity index (χ3v) is 17.8. The first kappa shape index (κ1) is 43.1. The van der Waals surface area contributed by atoms with Crippen LogP contribution >= 0.6 is 0 Å². The molecule has 0 aliphatic heterocycles. The summed E-state index contributed by atoms with van der Waals surface area (Å²) in [6.07, 6.45) is 0. The van der Waals surface area contributed by atoms with Crippen LogP contribution in [-0.2, 0) is 0 Å². The van der Waals surface area contributed by atoms with Gasteiger partial charge in [0.15, 0.2) is 0 Å². The van der Waals surface area contributed by atoms with E-state index in [1.54, 1.807) is 0 Å². The van der Waals surface area contributed by atoms with E-state index in [-0.39, 0.29) is 0 Å². The molecule has 0 aromatic heterocycles. The summed E-state index contributed by atoms with van der Waals surface area (Å²) in [5.74, 6) is 0. The molecule has 0 radical (unpaired) electrons. The molecule has 4 heteroatoms. The number of hydrogen-bond donors (Lipinski definition) is 0. The van der Waals surface area contributed by atoms with Crippen molar-refractivity contribution in [3.05, 3.63) is 231 Å². The Labute approximate surface area is 403 Å². The Morgan fingerprint density at radius 2 is 0.574 bits per heavy atom. The zero-order chi connectivity index (χ0) is 46.6. The topological polar surface area (TPSA) is 6.48 Å². The first-order valence-corrected chi connectivity index (χ1v) is 30.9. The van der Waals surface area contributed by atoms with E-state index >= 15 is 0 Å². The maximum absolute atomic E-state index is 2.45. The Hall–Kier alpha value is -7.51. The second-order valence-corrected chi connectivity index (χ2v) is 30.4. The van der Waals surface area contributed by atoms with E-state index in [9.17, 15) is 0 Å². The molecular weight excluding hydrogens is 853 g/mol. The minimum Gasteiger partial charge on any atom is -0.310 e. The first-order valence-electron chi connectivity index (χ1n) is 23.9. The lowest BCUT2D eigenvalue weighted by atomic mass is 9.84. The molecule has 0 saturated carbocycles. The van der Waals surface area contributed by atoms with Crippen LogP contribution in [0.1, 0.15) is 0 Å². The van der Waals surface area contributed by atoms with Crippen molar-refractivity contribution < 1.29 is 0 Å². The second kappa shape index (κ2) is 17.3. The van der Waals surface area contributed by atoms with Crippen molar-refractivity contribution in [2.24, 2.45) is 0 Å². The van der Waals surface area contributed by atoms with Crippen LogP contribution in [0.2, 0.25) is 39.3 Å². The third-order valence-electron chi connectivity index (χ3n) is 13.7. The summed E-state index contributed by atoms with van der Waals surface area (Å²) < 4.78 is 0. The molecule has 0 fully saturated rings. The van der Waals surface area contributed by atoms with E-state index in [0.717, 1.165) is 34.1 Å². The molecule has 0 aliphatic carbocycles. The van der Waals surface area contributed by atoms with E-state index in [0.29, 0.717) is 0 Å². The molecule has 0 atom stereocenters. The molecule has 0 unspecified atom stereocenters. The van der Waals surface area contributed by atoms with Gasteiger partial charge in [-0.3, -0.25) is 0 Å². The molecule has 0 saturated heterocycles. The maximum Gasteiger partial charge on any atom is 0.0775 e. The molecule has 0 spiro atoms. The number of para-hydroxylation sites is 2. The molecule has 11 aromatic carbocycles. The fourth-order valence-corrected chi connectivity index (χ4v) is 12.4. The molecule has 0 bridgehead atoms. The number of benzene rings is 11. The highest BCUT2D eigenvalue weighted by Crippen LogP contribution is 2.49. The Kier molecular flexibility index (Phi) is 11.0. The number of rotatable bonds is 10.